The molecule has 13 atom stereocenters. The molecule has 6 aliphatic rings. The van der Waals surface area contributed by atoms with E-state index in [0.29, 0.717) is 19.4 Å². The van der Waals surface area contributed by atoms with Crippen LogP contribution in [0.3, 0.4) is 0 Å². The maximum atomic E-state index is 13.2. The predicted octanol–water partition coefficient (Wildman–Crippen LogP) is 0.575. The van der Waals surface area contributed by atoms with Crippen LogP contribution in [0.4, 0.5) is 0 Å². The number of aliphatic hydroxyl groups excluding tert-OH is 3. The van der Waals surface area contributed by atoms with E-state index in [9.17, 15) is 24.9 Å². The second-order valence-electron chi connectivity index (χ2n) is 12.8. The zero-order chi connectivity index (χ0) is 28.7. The van der Waals surface area contributed by atoms with Crippen molar-refractivity contribution in [2.24, 2.45) is 16.7 Å². The molecule has 11 nitrogen and oxygen atoms in total. The molecule has 3 N–H and O–H groups in total. The number of carbonyl (C=O) groups excluding carboxylic acids is 2. The van der Waals surface area contributed by atoms with Crippen LogP contribution in [0.1, 0.15) is 47.0 Å². The lowest BCUT2D eigenvalue weighted by Gasteiger charge is -2.59. The average Bonchev–Trinajstić information content (AvgIpc) is 3.82. The molecule has 40 heavy (non-hydrogen) atoms. The van der Waals surface area contributed by atoms with E-state index in [0.717, 1.165) is 0 Å². The maximum Gasteiger partial charge on any atom is 0.335 e. The first kappa shape index (κ1) is 28.3. The fourth-order valence-corrected chi connectivity index (χ4v) is 7.77. The van der Waals surface area contributed by atoms with Gasteiger partial charge in [-0.1, -0.05) is 32.1 Å². The Hall–Kier alpha value is -1.86. The highest BCUT2D eigenvalue weighted by atomic mass is 16.7. The average molecular weight is 565 g/mol. The van der Waals surface area contributed by atoms with Crippen molar-refractivity contribution >= 4 is 11.9 Å². The Balaban J connectivity index is 1.37. The number of hydrogen-bond acceptors (Lipinski definition) is 11. The number of rotatable bonds is 1. The van der Waals surface area contributed by atoms with Crippen LogP contribution in [-0.2, 0) is 38.0 Å². The molecular formula is C29H40O11. The normalized spacial score (nSPS) is 54.6. The summed E-state index contributed by atoms with van der Waals surface area (Å²) < 4.78 is 36.4. The number of ether oxygens (including phenoxy) is 6. The number of carbonyl (C=O) groups is 2. The van der Waals surface area contributed by atoms with Crippen molar-refractivity contribution in [3.8, 4) is 0 Å². The van der Waals surface area contributed by atoms with Gasteiger partial charge >= 0.3 is 11.9 Å². The minimum absolute atomic E-state index is 0.172. The van der Waals surface area contributed by atoms with Gasteiger partial charge in [0.1, 0.15) is 36.1 Å². The molecule has 0 aromatic heterocycles. The van der Waals surface area contributed by atoms with Crippen LogP contribution in [0, 0.1) is 16.7 Å². The molecule has 0 aromatic carbocycles. The third kappa shape index (κ3) is 3.96. The van der Waals surface area contributed by atoms with Crippen LogP contribution in [0.15, 0.2) is 24.3 Å². The summed E-state index contributed by atoms with van der Waals surface area (Å²) in [5, 5.41) is 32.2. The SMILES string of the molecule is CC(O)C1/C=C/C=C\C(=O)O[C@@H]2C[C@H]3O[C@@H]4[C@@H]5O[C@]5(C)[C@H](O)C[C@]4(COC(=O)[C@@H](O)[C@H](C)CCO1)[C@]2(C)[C@@]31CO1. The molecule has 2 bridgehead atoms. The van der Waals surface area contributed by atoms with Crippen LogP contribution in [0.2, 0.25) is 0 Å². The monoisotopic (exact) mass is 564 g/mol. The Labute approximate surface area is 233 Å². The third-order valence-electron chi connectivity index (χ3n) is 10.7. The summed E-state index contributed by atoms with van der Waals surface area (Å²) in [6.07, 6.45) is 1.29. The molecule has 2 saturated carbocycles. The van der Waals surface area contributed by atoms with Gasteiger partial charge in [-0.3, -0.25) is 0 Å². The topological polar surface area (TPSA) is 157 Å². The van der Waals surface area contributed by atoms with Gasteiger partial charge in [-0.25, -0.2) is 9.59 Å². The minimum atomic E-state index is -1.41. The van der Waals surface area contributed by atoms with Gasteiger partial charge in [-0.2, -0.15) is 0 Å². The van der Waals surface area contributed by atoms with E-state index in [4.69, 9.17) is 28.4 Å². The van der Waals surface area contributed by atoms with Gasteiger partial charge in [0.05, 0.1) is 36.4 Å². The highest BCUT2D eigenvalue weighted by Crippen LogP contribution is 2.75. The third-order valence-corrected chi connectivity index (χ3v) is 10.7. The first-order valence-corrected chi connectivity index (χ1v) is 14.2. The van der Waals surface area contributed by atoms with Crippen LogP contribution in [0.5, 0.6) is 0 Å². The molecule has 11 heteroatoms. The minimum Gasteiger partial charge on any atom is -0.463 e. The van der Waals surface area contributed by atoms with Crippen LogP contribution in [0.25, 0.3) is 0 Å². The summed E-state index contributed by atoms with van der Waals surface area (Å²) in [7, 11) is 0. The zero-order valence-electron chi connectivity index (χ0n) is 23.4. The van der Waals surface area contributed by atoms with Gasteiger partial charge in [-0.05, 0) is 32.6 Å². The van der Waals surface area contributed by atoms with E-state index in [1.807, 2.05) is 13.8 Å². The molecule has 6 rings (SSSR count). The number of fused-ring (bicyclic) bond motifs is 2. The van der Waals surface area contributed by atoms with E-state index < -0.39 is 82.6 Å². The molecule has 5 fully saturated rings. The zero-order valence-corrected chi connectivity index (χ0v) is 23.4. The Kier molecular flexibility index (Phi) is 6.77. The standard InChI is InChI=1S/C29H40O11/c1-15-9-10-35-17(16(2)30)7-5-6-8-21(32)38-19-11-20-29(14-37-29)27(19,4)28(13-36-25(34)22(15)33)12-18(31)26(3)23(40-26)24(28)39-20/h5-8,15-20,22-24,30-31,33H,9-14H2,1-4H3/b7-5+,8-6-/t15-,16?,17?,18-,19-,20-,22+,23+,24-,26-,27-,28-,29-/m1/s1. The Morgan fingerprint density at radius 1 is 1.07 bits per heavy atom. The quantitative estimate of drug-likeness (QED) is 0.302. The number of cyclic esters (lactones) is 1. The largest absolute Gasteiger partial charge is 0.463 e. The first-order valence-electron chi connectivity index (χ1n) is 14.2. The summed E-state index contributed by atoms with van der Waals surface area (Å²) >= 11 is 0. The van der Waals surface area contributed by atoms with Gasteiger partial charge in [0, 0.05) is 24.5 Å². The molecule has 2 aliphatic carbocycles. The lowest BCUT2D eigenvalue weighted by atomic mass is 9.49. The van der Waals surface area contributed by atoms with Crippen molar-refractivity contribution in [1.82, 2.24) is 0 Å². The van der Waals surface area contributed by atoms with E-state index in [1.165, 1.54) is 12.2 Å². The summed E-state index contributed by atoms with van der Waals surface area (Å²) in [5.74, 6) is -1.84. The molecule has 222 valence electrons. The Morgan fingerprint density at radius 3 is 2.52 bits per heavy atom. The summed E-state index contributed by atoms with van der Waals surface area (Å²) in [6, 6.07) is 0. The maximum absolute atomic E-state index is 13.2. The van der Waals surface area contributed by atoms with E-state index in [-0.39, 0.29) is 25.7 Å². The molecule has 4 heterocycles. The molecule has 0 aromatic rings. The number of allylic oxidation sites excluding steroid dienone is 2. The van der Waals surface area contributed by atoms with E-state index >= 15 is 0 Å². The summed E-state index contributed by atoms with van der Waals surface area (Å²) in [6.45, 7) is 7.54. The first-order chi connectivity index (χ1) is 18.9. The molecular weight excluding hydrogens is 524 g/mol. The second-order valence-corrected chi connectivity index (χ2v) is 12.8. The number of aliphatic hydroxyl groups is 3. The molecule has 0 amide bonds. The van der Waals surface area contributed by atoms with Crippen LogP contribution in [-0.4, -0.2) is 107 Å². The lowest BCUT2D eigenvalue weighted by molar-refractivity contribution is -0.261. The number of epoxide rings is 2. The lowest BCUT2D eigenvalue weighted by Crippen LogP contribution is -2.71. The van der Waals surface area contributed by atoms with Crippen LogP contribution < -0.4 is 0 Å². The summed E-state index contributed by atoms with van der Waals surface area (Å²) in [4.78, 5) is 26.2. The number of hydrogen-bond donors (Lipinski definition) is 3. The highest BCUT2D eigenvalue weighted by molar-refractivity contribution is 5.82. The predicted molar refractivity (Wildman–Crippen MR) is 137 cm³/mol. The second kappa shape index (κ2) is 9.58. The smallest absolute Gasteiger partial charge is 0.335 e. The fourth-order valence-electron chi connectivity index (χ4n) is 7.77. The van der Waals surface area contributed by atoms with Gasteiger partial charge in [-0.15, -0.1) is 0 Å². The van der Waals surface area contributed by atoms with Crippen molar-refractivity contribution in [2.75, 3.05) is 19.8 Å². The van der Waals surface area contributed by atoms with Gasteiger partial charge < -0.3 is 43.7 Å². The molecule has 4 aliphatic heterocycles. The Morgan fingerprint density at radius 2 is 1.82 bits per heavy atom. The van der Waals surface area contributed by atoms with Crippen molar-refractivity contribution < 1.29 is 53.3 Å². The highest BCUT2D eigenvalue weighted by Gasteiger charge is 2.87. The van der Waals surface area contributed by atoms with Crippen LogP contribution >= 0.6 is 0 Å². The fraction of sp³-hybridized carbons (Fsp3) is 0.793. The van der Waals surface area contributed by atoms with Crippen molar-refractivity contribution in [3.05, 3.63) is 24.3 Å². The van der Waals surface area contributed by atoms with Gasteiger partial charge in [0.15, 0.2) is 6.10 Å². The molecule has 2 spiro atoms. The van der Waals surface area contributed by atoms with Crippen molar-refractivity contribution in [2.45, 2.75) is 107 Å². The van der Waals surface area contributed by atoms with Gasteiger partial charge in [0.25, 0.3) is 0 Å². The molecule has 0 radical (unpaired) electrons. The molecule has 3 saturated heterocycles. The number of esters is 2. The Bertz CT molecular complexity index is 1100. The van der Waals surface area contributed by atoms with Crippen molar-refractivity contribution in [1.29, 1.82) is 0 Å². The molecule has 2 unspecified atom stereocenters. The van der Waals surface area contributed by atoms with Gasteiger partial charge in [0.2, 0.25) is 0 Å². The van der Waals surface area contributed by atoms with E-state index in [1.54, 1.807) is 26.0 Å². The van der Waals surface area contributed by atoms with E-state index in [2.05, 4.69) is 0 Å². The summed E-state index contributed by atoms with van der Waals surface area (Å²) in [5.41, 5.74) is -3.42. The van der Waals surface area contributed by atoms with Crippen molar-refractivity contribution in [3.63, 3.8) is 0 Å².